The van der Waals surface area contributed by atoms with Crippen molar-refractivity contribution in [1.82, 2.24) is 9.97 Å². The first-order chi connectivity index (χ1) is 6.74. The Kier molecular flexibility index (Phi) is 2.13. The molecule has 2 aromatic rings. The molecule has 14 heavy (non-hydrogen) atoms. The maximum Gasteiger partial charge on any atom is 0.258 e. The lowest BCUT2D eigenvalue weighted by molar-refractivity contribution is 0.415. The highest BCUT2D eigenvalue weighted by atomic mass is 35.5. The molecule has 0 bridgehead atoms. The van der Waals surface area contributed by atoms with Crippen molar-refractivity contribution in [3.8, 4) is 5.75 Å². The highest BCUT2D eigenvalue weighted by Crippen LogP contribution is 2.29. The van der Waals surface area contributed by atoms with Gasteiger partial charge in [-0.2, -0.15) is 0 Å². The maximum absolute atomic E-state index is 11.3. The SMILES string of the molecule is COc1ccc2c(=O)[nH]cnc2c1Cl. The largest absolute Gasteiger partial charge is 0.495 e. The van der Waals surface area contributed by atoms with Gasteiger partial charge in [0.15, 0.2) is 0 Å². The fourth-order valence-electron chi connectivity index (χ4n) is 1.25. The van der Waals surface area contributed by atoms with Gasteiger partial charge in [-0.05, 0) is 12.1 Å². The Morgan fingerprint density at radius 1 is 1.50 bits per heavy atom. The topological polar surface area (TPSA) is 55.0 Å². The van der Waals surface area contributed by atoms with Gasteiger partial charge in [0.25, 0.3) is 5.56 Å². The summed E-state index contributed by atoms with van der Waals surface area (Å²) in [6.45, 7) is 0. The van der Waals surface area contributed by atoms with Gasteiger partial charge in [0, 0.05) is 0 Å². The number of nitrogens with one attached hydrogen (secondary N) is 1. The molecule has 0 aliphatic heterocycles. The zero-order chi connectivity index (χ0) is 10.1. The van der Waals surface area contributed by atoms with E-state index in [1.165, 1.54) is 13.4 Å². The fourth-order valence-corrected chi connectivity index (χ4v) is 1.54. The smallest absolute Gasteiger partial charge is 0.258 e. The van der Waals surface area contributed by atoms with Crippen LogP contribution in [-0.2, 0) is 0 Å². The second kappa shape index (κ2) is 3.31. The number of nitrogens with zero attached hydrogens (tertiary/aromatic N) is 1. The lowest BCUT2D eigenvalue weighted by atomic mass is 10.2. The fraction of sp³-hybridized carbons (Fsp3) is 0.111. The monoisotopic (exact) mass is 210 g/mol. The molecule has 0 saturated heterocycles. The summed E-state index contributed by atoms with van der Waals surface area (Å²) < 4.78 is 5.01. The number of halogens is 1. The Labute approximate surface area is 84.5 Å². The van der Waals surface area contributed by atoms with Crippen molar-refractivity contribution in [2.24, 2.45) is 0 Å². The summed E-state index contributed by atoms with van der Waals surface area (Å²) in [7, 11) is 1.51. The van der Waals surface area contributed by atoms with Gasteiger partial charge in [-0.3, -0.25) is 4.79 Å². The van der Waals surface area contributed by atoms with E-state index in [9.17, 15) is 4.79 Å². The summed E-state index contributed by atoms with van der Waals surface area (Å²) >= 11 is 5.97. The lowest BCUT2D eigenvalue weighted by Gasteiger charge is -2.04. The summed E-state index contributed by atoms with van der Waals surface area (Å²) in [5, 5.41) is 0.814. The van der Waals surface area contributed by atoms with E-state index in [0.29, 0.717) is 21.7 Å². The number of hydrogen-bond acceptors (Lipinski definition) is 3. The number of fused-ring (bicyclic) bond motifs is 1. The first-order valence-corrected chi connectivity index (χ1v) is 4.31. The summed E-state index contributed by atoms with van der Waals surface area (Å²) in [5.41, 5.74) is 0.245. The van der Waals surface area contributed by atoms with Crippen LogP contribution in [-0.4, -0.2) is 17.1 Å². The van der Waals surface area contributed by atoms with Crippen molar-refractivity contribution in [1.29, 1.82) is 0 Å². The second-order valence-corrected chi connectivity index (χ2v) is 3.09. The third kappa shape index (κ3) is 1.24. The number of ether oxygens (including phenoxy) is 1. The van der Waals surface area contributed by atoms with Gasteiger partial charge < -0.3 is 9.72 Å². The number of hydrogen-bond donors (Lipinski definition) is 1. The highest BCUT2D eigenvalue weighted by Gasteiger charge is 2.08. The minimum absolute atomic E-state index is 0.209. The molecule has 1 N–H and O–H groups in total. The molecular formula is C9H7ClN2O2. The van der Waals surface area contributed by atoms with Gasteiger partial charge in [-0.1, -0.05) is 11.6 Å². The van der Waals surface area contributed by atoms with Crippen LogP contribution in [0.1, 0.15) is 0 Å². The van der Waals surface area contributed by atoms with E-state index in [1.807, 2.05) is 0 Å². The van der Waals surface area contributed by atoms with Crippen molar-refractivity contribution < 1.29 is 4.74 Å². The molecule has 0 radical (unpaired) electrons. The summed E-state index contributed by atoms with van der Waals surface area (Å²) in [4.78, 5) is 17.8. The van der Waals surface area contributed by atoms with E-state index < -0.39 is 0 Å². The zero-order valence-electron chi connectivity index (χ0n) is 7.37. The summed E-state index contributed by atoms with van der Waals surface area (Å²) in [6, 6.07) is 3.27. The Morgan fingerprint density at radius 3 is 3.00 bits per heavy atom. The van der Waals surface area contributed by atoms with E-state index in [-0.39, 0.29) is 5.56 Å². The van der Waals surface area contributed by atoms with E-state index in [4.69, 9.17) is 16.3 Å². The van der Waals surface area contributed by atoms with Crippen LogP contribution in [0.3, 0.4) is 0 Å². The first kappa shape index (κ1) is 9.02. The number of H-pyrrole nitrogens is 1. The standard InChI is InChI=1S/C9H7ClN2O2/c1-14-6-3-2-5-8(7(6)10)11-4-12-9(5)13/h2-4H,1H3,(H,11,12,13). The van der Waals surface area contributed by atoms with Gasteiger partial charge in [-0.25, -0.2) is 4.98 Å². The predicted molar refractivity (Wildman–Crippen MR) is 53.9 cm³/mol. The third-order valence-electron chi connectivity index (χ3n) is 1.93. The van der Waals surface area contributed by atoms with Crippen LogP contribution >= 0.6 is 11.6 Å². The van der Waals surface area contributed by atoms with Crippen LogP contribution < -0.4 is 10.3 Å². The van der Waals surface area contributed by atoms with Crippen LogP contribution in [0.5, 0.6) is 5.75 Å². The average molecular weight is 211 g/mol. The Balaban J connectivity index is 2.91. The number of aromatic amines is 1. The quantitative estimate of drug-likeness (QED) is 0.778. The Hall–Kier alpha value is -1.55. The maximum atomic E-state index is 11.3. The van der Waals surface area contributed by atoms with Crippen molar-refractivity contribution >= 4 is 22.5 Å². The summed E-state index contributed by atoms with van der Waals surface area (Å²) in [6.07, 6.45) is 1.32. The normalized spacial score (nSPS) is 10.4. The number of aromatic nitrogens is 2. The second-order valence-electron chi connectivity index (χ2n) is 2.71. The predicted octanol–water partition coefficient (Wildman–Crippen LogP) is 1.59. The zero-order valence-corrected chi connectivity index (χ0v) is 8.13. The van der Waals surface area contributed by atoms with Crippen molar-refractivity contribution in [2.75, 3.05) is 7.11 Å². The molecule has 0 fully saturated rings. The molecule has 1 heterocycles. The molecule has 72 valence electrons. The lowest BCUT2D eigenvalue weighted by Crippen LogP contribution is -2.06. The molecule has 5 heteroatoms. The average Bonchev–Trinajstić information content (AvgIpc) is 2.20. The van der Waals surface area contributed by atoms with Crippen LogP contribution in [0.2, 0.25) is 5.02 Å². The van der Waals surface area contributed by atoms with Crippen LogP contribution in [0.25, 0.3) is 10.9 Å². The molecule has 1 aromatic carbocycles. The molecule has 0 saturated carbocycles. The van der Waals surface area contributed by atoms with E-state index in [2.05, 4.69) is 9.97 Å². The number of methoxy groups -OCH3 is 1. The number of benzene rings is 1. The van der Waals surface area contributed by atoms with Crippen LogP contribution in [0.4, 0.5) is 0 Å². The van der Waals surface area contributed by atoms with E-state index in [1.54, 1.807) is 12.1 Å². The molecule has 1 aromatic heterocycles. The van der Waals surface area contributed by atoms with Crippen molar-refractivity contribution in [2.45, 2.75) is 0 Å². The molecule has 0 unspecified atom stereocenters. The van der Waals surface area contributed by atoms with Gasteiger partial charge in [0.05, 0.1) is 24.3 Å². The third-order valence-corrected chi connectivity index (χ3v) is 2.30. The Bertz CT molecular complexity index is 536. The van der Waals surface area contributed by atoms with Crippen molar-refractivity contribution in [3.63, 3.8) is 0 Å². The molecule has 4 nitrogen and oxygen atoms in total. The highest BCUT2D eigenvalue weighted by molar-refractivity contribution is 6.36. The van der Waals surface area contributed by atoms with E-state index >= 15 is 0 Å². The molecule has 0 spiro atoms. The molecule has 2 rings (SSSR count). The van der Waals surface area contributed by atoms with Crippen LogP contribution in [0, 0.1) is 0 Å². The van der Waals surface area contributed by atoms with Gasteiger partial charge in [0.2, 0.25) is 0 Å². The minimum Gasteiger partial charge on any atom is -0.495 e. The van der Waals surface area contributed by atoms with Gasteiger partial charge in [-0.15, -0.1) is 0 Å². The molecule has 0 amide bonds. The number of rotatable bonds is 1. The van der Waals surface area contributed by atoms with Gasteiger partial charge >= 0.3 is 0 Å². The molecule has 0 aliphatic carbocycles. The van der Waals surface area contributed by atoms with Gasteiger partial charge in [0.1, 0.15) is 10.8 Å². The Morgan fingerprint density at radius 2 is 2.29 bits per heavy atom. The van der Waals surface area contributed by atoms with Crippen molar-refractivity contribution in [3.05, 3.63) is 33.8 Å². The molecule has 0 atom stereocenters. The summed E-state index contributed by atoms with van der Waals surface area (Å²) in [5.74, 6) is 0.511. The first-order valence-electron chi connectivity index (χ1n) is 3.94. The minimum atomic E-state index is -0.209. The molecular weight excluding hydrogens is 204 g/mol. The van der Waals surface area contributed by atoms with Crippen LogP contribution in [0.15, 0.2) is 23.3 Å². The molecule has 0 aliphatic rings. The van der Waals surface area contributed by atoms with E-state index in [0.717, 1.165) is 0 Å².